The molecule has 0 saturated heterocycles. The summed E-state index contributed by atoms with van der Waals surface area (Å²) in [5.74, 6) is 0. The lowest BCUT2D eigenvalue weighted by molar-refractivity contribution is -0.0267. The molecule has 1 aromatic rings. The van der Waals surface area contributed by atoms with E-state index in [0.717, 1.165) is 4.90 Å². The van der Waals surface area contributed by atoms with Crippen molar-refractivity contribution < 1.29 is 28.6 Å². The second-order valence-corrected chi connectivity index (χ2v) is 4.65. The van der Waals surface area contributed by atoms with Crippen LogP contribution in [0.1, 0.15) is 19.4 Å². The predicted molar refractivity (Wildman–Crippen MR) is 72.3 cm³/mol. The van der Waals surface area contributed by atoms with Crippen LogP contribution in [0.15, 0.2) is 30.3 Å². The molecule has 0 aliphatic rings. The van der Waals surface area contributed by atoms with Crippen molar-refractivity contribution in [3.8, 4) is 0 Å². The first-order chi connectivity index (χ1) is 9.59. The maximum absolute atomic E-state index is 12.8. The number of amides is 2. The summed E-state index contributed by atoms with van der Waals surface area (Å²) in [5.41, 5.74) is 3.01. The Morgan fingerprint density at radius 2 is 1.67 bits per heavy atom. The zero-order valence-electron chi connectivity index (χ0n) is 11.7. The third-order valence-electron chi connectivity index (χ3n) is 2.64. The van der Waals surface area contributed by atoms with E-state index in [1.54, 1.807) is 30.3 Å². The van der Waals surface area contributed by atoms with Crippen LogP contribution in [0.5, 0.6) is 0 Å². The molecule has 0 aromatic heterocycles. The average molecular weight is 304 g/mol. The van der Waals surface area contributed by atoms with Gasteiger partial charge in [0.05, 0.1) is 0 Å². The van der Waals surface area contributed by atoms with Gasteiger partial charge in [-0.05, 0) is 19.4 Å². The van der Waals surface area contributed by atoms with Crippen LogP contribution in [0.3, 0.4) is 0 Å². The third-order valence-corrected chi connectivity index (χ3v) is 2.64. The first-order valence-electron chi connectivity index (χ1n) is 5.90. The van der Waals surface area contributed by atoms with E-state index in [2.05, 4.69) is 5.73 Å². The van der Waals surface area contributed by atoms with Gasteiger partial charge in [0.15, 0.2) is 0 Å². The van der Waals surface area contributed by atoms with E-state index in [9.17, 15) is 13.6 Å². The molecule has 0 saturated carbocycles. The van der Waals surface area contributed by atoms with Crippen molar-refractivity contribution in [3.05, 3.63) is 35.9 Å². The van der Waals surface area contributed by atoms with Crippen LogP contribution in [0.2, 0.25) is 0 Å². The molecule has 0 radical (unpaired) electrons. The largest absolute Gasteiger partial charge is 0.465 e. The second kappa shape index (κ2) is 8.03. The van der Waals surface area contributed by atoms with Crippen LogP contribution in [0.25, 0.3) is 0 Å². The quantitative estimate of drug-likeness (QED) is 0.795. The van der Waals surface area contributed by atoms with E-state index >= 15 is 0 Å². The highest BCUT2D eigenvalue weighted by Crippen LogP contribution is 2.25. The lowest BCUT2D eigenvalue weighted by Crippen LogP contribution is -2.51. The van der Waals surface area contributed by atoms with Gasteiger partial charge in [-0.1, -0.05) is 30.3 Å². The van der Waals surface area contributed by atoms with E-state index < -0.39 is 24.2 Å². The molecule has 1 rings (SSSR count). The molecule has 0 aliphatic carbocycles. The molecule has 8 heteroatoms. The van der Waals surface area contributed by atoms with Crippen LogP contribution < -0.4 is 5.73 Å². The van der Waals surface area contributed by atoms with Crippen molar-refractivity contribution in [1.82, 2.24) is 4.90 Å². The second-order valence-electron chi connectivity index (χ2n) is 4.65. The number of halogens is 2. The number of benzene rings is 1. The molecular weight excluding hydrogens is 286 g/mol. The molecular formula is C13H18F2N2O4. The standard InChI is InChI=1S/C12H15F2NO2.CH3NO2/c1-12(2,10(13)14)15(11(16)17)8-9-6-4-3-5-7-9;2-1(3)4/h3-7,10H,8H2,1-2H3,(H,16,17);2H2,(H,3,4). The van der Waals surface area contributed by atoms with Gasteiger partial charge in [-0.15, -0.1) is 0 Å². The third kappa shape index (κ3) is 6.55. The van der Waals surface area contributed by atoms with Crippen LogP contribution in [-0.2, 0) is 6.54 Å². The molecule has 0 aliphatic heterocycles. The predicted octanol–water partition coefficient (Wildman–Crippen LogP) is 2.83. The highest BCUT2D eigenvalue weighted by Gasteiger charge is 2.39. The Hall–Kier alpha value is -2.38. The summed E-state index contributed by atoms with van der Waals surface area (Å²) < 4.78 is 25.6. The van der Waals surface area contributed by atoms with Crippen molar-refractivity contribution in [1.29, 1.82) is 0 Å². The van der Waals surface area contributed by atoms with E-state index in [4.69, 9.17) is 15.0 Å². The Morgan fingerprint density at radius 1 is 1.24 bits per heavy atom. The fraction of sp³-hybridized carbons (Fsp3) is 0.385. The number of nitrogens with two attached hydrogens (primary N) is 1. The summed E-state index contributed by atoms with van der Waals surface area (Å²) in [4.78, 5) is 20.6. The maximum Gasteiger partial charge on any atom is 0.408 e. The van der Waals surface area contributed by atoms with E-state index in [0.29, 0.717) is 5.56 Å². The molecule has 0 heterocycles. The highest BCUT2D eigenvalue weighted by molar-refractivity contribution is 5.66. The smallest absolute Gasteiger partial charge is 0.408 e. The number of nitrogens with zero attached hydrogens (tertiary/aromatic N) is 1. The fourth-order valence-electron chi connectivity index (χ4n) is 1.40. The van der Waals surface area contributed by atoms with E-state index in [1.807, 2.05) is 0 Å². The van der Waals surface area contributed by atoms with Crippen LogP contribution in [-0.4, -0.2) is 39.3 Å². The molecule has 21 heavy (non-hydrogen) atoms. The zero-order valence-corrected chi connectivity index (χ0v) is 11.7. The number of carbonyl (C=O) groups is 2. The summed E-state index contributed by atoms with van der Waals surface area (Å²) in [6, 6.07) is 8.68. The molecule has 0 atom stereocenters. The molecule has 0 unspecified atom stereocenters. The topological polar surface area (TPSA) is 104 Å². The Labute approximate surface area is 120 Å². The normalized spacial score (nSPS) is 10.5. The van der Waals surface area contributed by atoms with Gasteiger partial charge in [0.2, 0.25) is 0 Å². The lowest BCUT2D eigenvalue weighted by atomic mass is 10.0. The monoisotopic (exact) mass is 304 g/mol. The maximum atomic E-state index is 12.8. The number of carboxylic acid groups (broad SMARTS) is 2. The van der Waals surface area contributed by atoms with E-state index in [1.165, 1.54) is 13.8 Å². The van der Waals surface area contributed by atoms with Crippen molar-refractivity contribution in [3.63, 3.8) is 0 Å². The van der Waals surface area contributed by atoms with Gasteiger partial charge in [-0.2, -0.15) is 0 Å². The minimum absolute atomic E-state index is 0.0481. The number of hydrogen-bond donors (Lipinski definition) is 3. The van der Waals surface area contributed by atoms with Crippen molar-refractivity contribution in [2.75, 3.05) is 0 Å². The van der Waals surface area contributed by atoms with Gasteiger partial charge in [0.1, 0.15) is 5.54 Å². The number of hydrogen-bond acceptors (Lipinski definition) is 2. The molecule has 6 nitrogen and oxygen atoms in total. The molecule has 1 aromatic carbocycles. The van der Waals surface area contributed by atoms with E-state index in [-0.39, 0.29) is 6.54 Å². The minimum Gasteiger partial charge on any atom is -0.465 e. The molecule has 0 spiro atoms. The van der Waals surface area contributed by atoms with Gasteiger partial charge >= 0.3 is 12.2 Å². The summed E-state index contributed by atoms with van der Waals surface area (Å²) in [7, 11) is 0. The van der Waals surface area contributed by atoms with Crippen LogP contribution in [0, 0.1) is 0 Å². The SMILES string of the molecule is CC(C)(C(F)F)N(Cc1ccccc1)C(=O)O.NC(=O)O. The number of alkyl halides is 2. The molecule has 0 fully saturated rings. The number of rotatable bonds is 4. The lowest BCUT2D eigenvalue weighted by Gasteiger charge is -2.35. The summed E-state index contributed by atoms with van der Waals surface area (Å²) in [6.07, 6.45) is -5.42. The first kappa shape index (κ1) is 18.6. The summed E-state index contributed by atoms with van der Waals surface area (Å²) >= 11 is 0. The average Bonchev–Trinajstić information content (AvgIpc) is 2.35. The zero-order chi connectivity index (χ0) is 16.6. The molecule has 118 valence electrons. The van der Waals surface area contributed by atoms with Gasteiger partial charge in [-0.25, -0.2) is 18.4 Å². The Morgan fingerprint density at radius 3 is 2.00 bits per heavy atom. The van der Waals surface area contributed by atoms with Crippen molar-refractivity contribution >= 4 is 12.2 Å². The van der Waals surface area contributed by atoms with Gasteiger partial charge < -0.3 is 15.9 Å². The summed E-state index contributed by atoms with van der Waals surface area (Å²) in [5, 5.41) is 16.2. The fourth-order valence-corrected chi connectivity index (χ4v) is 1.40. The Balaban J connectivity index is 0.000000885. The van der Waals surface area contributed by atoms with Crippen LogP contribution >= 0.6 is 0 Å². The minimum atomic E-state index is -2.73. The van der Waals surface area contributed by atoms with Crippen molar-refractivity contribution in [2.45, 2.75) is 32.4 Å². The molecule has 0 bridgehead atoms. The van der Waals surface area contributed by atoms with Gasteiger partial charge in [-0.3, -0.25) is 4.90 Å². The number of primary amides is 1. The van der Waals surface area contributed by atoms with Crippen molar-refractivity contribution in [2.24, 2.45) is 5.73 Å². The summed E-state index contributed by atoms with van der Waals surface area (Å²) in [6.45, 7) is 2.39. The van der Waals surface area contributed by atoms with Gasteiger partial charge in [0, 0.05) is 6.54 Å². The first-order valence-corrected chi connectivity index (χ1v) is 5.90. The Bertz CT molecular complexity index is 462. The highest BCUT2D eigenvalue weighted by atomic mass is 19.3. The molecule has 4 N–H and O–H groups in total. The molecule has 2 amide bonds. The van der Waals surface area contributed by atoms with Crippen LogP contribution in [0.4, 0.5) is 18.4 Å². The Kier molecular flexibility index (Phi) is 7.12. The van der Waals surface area contributed by atoms with Gasteiger partial charge in [0.25, 0.3) is 6.43 Å².